The topological polar surface area (TPSA) is 99.4 Å². The van der Waals surface area contributed by atoms with Gasteiger partial charge in [-0.25, -0.2) is 0 Å². The molecule has 1 aliphatic rings. The Bertz CT molecular complexity index is 558. The molecule has 0 amide bonds. The van der Waals surface area contributed by atoms with E-state index in [0.29, 0.717) is 37.3 Å². The lowest BCUT2D eigenvalue weighted by atomic mass is 9.84. The van der Waals surface area contributed by atoms with E-state index in [1.807, 2.05) is 30.3 Å². The van der Waals surface area contributed by atoms with Crippen molar-refractivity contribution in [2.24, 2.45) is 5.92 Å². The number of hydrogen-bond acceptors (Lipinski definition) is 6. The van der Waals surface area contributed by atoms with Crippen LogP contribution in [-0.4, -0.2) is 63.2 Å². The Labute approximate surface area is 164 Å². The maximum Gasteiger partial charge on any atom is 0.357 e. The molecule has 1 aliphatic carbocycles. The molecule has 1 saturated carbocycles. The highest BCUT2D eigenvalue weighted by Crippen LogP contribution is 2.33. The molecular weight excluding hydrogens is 380 g/mol. The Morgan fingerprint density at radius 2 is 1.78 bits per heavy atom. The molecule has 1 aromatic carbocycles. The van der Waals surface area contributed by atoms with Crippen molar-refractivity contribution >= 4 is 22.3 Å². The van der Waals surface area contributed by atoms with E-state index in [1.54, 1.807) is 13.7 Å². The lowest BCUT2D eigenvalue weighted by Gasteiger charge is -2.37. The summed E-state index contributed by atoms with van der Waals surface area (Å²) < 4.78 is 12.3. The number of hydrogen-bond donors (Lipinski definition) is 4. The molecule has 1 aromatic rings. The Kier molecular flexibility index (Phi) is 8.63. The molecule has 0 saturated heterocycles. The van der Waals surface area contributed by atoms with Crippen molar-refractivity contribution in [2.45, 2.75) is 62.9 Å². The minimum Gasteiger partial charge on any atom is -0.411 e. The zero-order valence-electron chi connectivity index (χ0n) is 16.4. The minimum atomic E-state index is -3.13. The molecule has 5 atom stereocenters. The molecule has 6 nitrogen and oxygen atoms in total. The van der Waals surface area contributed by atoms with Crippen LogP contribution in [0, 0.1) is 5.92 Å². The van der Waals surface area contributed by atoms with Crippen LogP contribution < -0.4 is 5.19 Å². The van der Waals surface area contributed by atoms with Crippen LogP contribution >= 0.6 is 0 Å². The van der Waals surface area contributed by atoms with Gasteiger partial charge in [-0.05, 0) is 61.8 Å². The van der Waals surface area contributed by atoms with Crippen LogP contribution in [0.3, 0.4) is 0 Å². The molecule has 8 heteroatoms. The third-order valence-corrected chi connectivity index (χ3v) is 13.0. The monoisotopic (exact) mass is 414 g/mol. The molecule has 4 N–H and O–H groups in total. The summed E-state index contributed by atoms with van der Waals surface area (Å²) in [5, 5.41) is 29.8. The van der Waals surface area contributed by atoms with Gasteiger partial charge in [-0.15, -0.1) is 0 Å². The van der Waals surface area contributed by atoms with Crippen molar-refractivity contribution < 1.29 is 28.7 Å². The molecule has 0 heterocycles. The first-order valence-corrected chi connectivity index (χ1v) is 14.4. The van der Waals surface area contributed by atoms with Gasteiger partial charge in [0.05, 0.1) is 12.2 Å². The van der Waals surface area contributed by atoms with Crippen molar-refractivity contribution in [1.82, 2.24) is 0 Å². The molecular formula is C19H34O6Si2. The van der Waals surface area contributed by atoms with Gasteiger partial charge in [-0.3, -0.25) is 0 Å². The summed E-state index contributed by atoms with van der Waals surface area (Å²) in [5.74, 6) is 0.312. The molecule has 0 spiro atoms. The summed E-state index contributed by atoms with van der Waals surface area (Å²) in [6.45, 7) is 1.83. The molecule has 0 bridgehead atoms. The minimum absolute atomic E-state index is 0.0604. The predicted octanol–water partition coefficient (Wildman–Crippen LogP) is 1.36. The molecule has 27 heavy (non-hydrogen) atoms. The fraction of sp³-hybridized carbons (Fsp3) is 0.684. The van der Waals surface area contributed by atoms with Crippen LogP contribution in [0.1, 0.15) is 32.1 Å². The largest absolute Gasteiger partial charge is 0.411 e. The molecule has 0 aromatic heterocycles. The Balaban J connectivity index is 2.09. The molecule has 2 rings (SSSR count). The first kappa shape index (κ1) is 22.7. The van der Waals surface area contributed by atoms with Crippen LogP contribution in [0.4, 0.5) is 0 Å². The maximum absolute atomic E-state index is 11.1. The quantitative estimate of drug-likeness (QED) is 0.432. The number of aliphatic hydroxyl groups is 3. The predicted molar refractivity (Wildman–Crippen MR) is 109 cm³/mol. The van der Waals surface area contributed by atoms with Crippen LogP contribution in [0.5, 0.6) is 0 Å². The van der Waals surface area contributed by atoms with Crippen molar-refractivity contribution in [1.29, 1.82) is 0 Å². The van der Waals surface area contributed by atoms with Crippen molar-refractivity contribution in [3.8, 4) is 0 Å². The van der Waals surface area contributed by atoms with Gasteiger partial charge >= 0.3 is 17.1 Å². The molecule has 0 radical (unpaired) electrons. The summed E-state index contributed by atoms with van der Waals surface area (Å²) in [6.07, 6.45) is 2.19. The van der Waals surface area contributed by atoms with E-state index in [2.05, 4.69) is 0 Å². The molecule has 1 fully saturated rings. The maximum atomic E-state index is 11.1. The van der Waals surface area contributed by atoms with E-state index in [1.165, 1.54) is 0 Å². The number of benzene rings is 1. The fourth-order valence-electron chi connectivity index (χ4n) is 3.89. The fourth-order valence-corrected chi connectivity index (χ4v) is 11.4. The highest BCUT2D eigenvalue weighted by Gasteiger charge is 2.45. The average molecular weight is 415 g/mol. The van der Waals surface area contributed by atoms with Gasteiger partial charge in [0, 0.05) is 13.7 Å². The third kappa shape index (κ3) is 6.47. The second kappa shape index (κ2) is 10.3. The molecule has 154 valence electrons. The van der Waals surface area contributed by atoms with E-state index in [-0.39, 0.29) is 6.61 Å². The second-order valence-electron chi connectivity index (χ2n) is 7.75. The Morgan fingerprint density at radius 3 is 2.37 bits per heavy atom. The normalized spacial score (nSPS) is 27.7. The Hall–Kier alpha value is -0.586. The average Bonchev–Trinajstić information content (AvgIpc) is 2.67. The Morgan fingerprint density at radius 1 is 1.07 bits per heavy atom. The van der Waals surface area contributed by atoms with Crippen molar-refractivity contribution in [3.05, 3.63) is 30.3 Å². The highest BCUT2D eigenvalue weighted by molar-refractivity contribution is 6.87. The van der Waals surface area contributed by atoms with Gasteiger partial charge in [0.1, 0.15) is 0 Å². The van der Waals surface area contributed by atoms with Crippen LogP contribution in [-0.2, 0) is 8.54 Å². The first-order chi connectivity index (χ1) is 12.8. The van der Waals surface area contributed by atoms with E-state index in [4.69, 9.17) is 8.54 Å². The van der Waals surface area contributed by atoms with Gasteiger partial charge in [-0.2, -0.15) is 0 Å². The van der Waals surface area contributed by atoms with Crippen LogP contribution in [0.25, 0.3) is 0 Å². The van der Waals surface area contributed by atoms with E-state index in [0.717, 1.165) is 18.0 Å². The van der Waals surface area contributed by atoms with Gasteiger partial charge in [0.15, 0.2) is 0 Å². The zero-order chi connectivity index (χ0) is 19.9. The summed E-state index contributed by atoms with van der Waals surface area (Å²) in [6, 6.07) is 10.8. The third-order valence-electron chi connectivity index (χ3n) is 5.61. The van der Waals surface area contributed by atoms with Crippen molar-refractivity contribution in [3.63, 3.8) is 0 Å². The van der Waals surface area contributed by atoms with Gasteiger partial charge in [-0.1, -0.05) is 30.3 Å². The lowest BCUT2D eigenvalue weighted by molar-refractivity contribution is -0.0260. The summed E-state index contributed by atoms with van der Waals surface area (Å²) >= 11 is 0. The number of rotatable bonds is 10. The smallest absolute Gasteiger partial charge is 0.357 e. The summed E-state index contributed by atoms with van der Waals surface area (Å²) in [7, 11) is -4.22. The van der Waals surface area contributed by atoms with Gasteiger partial charge < -0.3 is 28.7 Å². The summed E-state index contributed by atoms with van der Waals surface area (Å²) in [5.41, 5.74) is 0. The van der Waals surface area contributed by atoms with E-state index < -0.39 is 29.3 Å². The van der Waals surface area contributed by atoms with Crippen LogP contribution in [0.2, 0.25) is 18.6 Å². The second-order valence-corrected chi connectivity index (χ2v) is 14.3. The molecule has 5 unspecified atom stereocenters. The zero-order valence-corrected chi connectivity index (χ0v) is 18.4. The van der Waals surface area contributed by atoms with Gasteiger partial charge in [0.25, 0.3) is 0 Å². The van der Waals surface area contributed by atoms with Gasteiger partial charge in [0.2, 0.25) is 0 Å². The first-order valence-electron chi connectivity index (χ1n) is 9.82. The van der Waals surface area contributed by atoms with Crippen molar-refractivity contribution in [2.75, 3.05) is 13.7 Å². The standard InChI is InChI=1S/C19H34O6Si2/c1-24-27(13-6-12-20,14-11-16-9-10-18(21)19(22)15-16)25-26(2,23)17-7-4-3-5-8-17/h3-5,7-8,16,18-23H,6,9-15H2,1-2H3. The van der Waals surface area contributed by atoms with E-state index in [9.17, 15) is 20.1 Å². The SMILES string of the molecule is CO[Si](CCCO)(CCC1CCC(O)C(O)C1)O[Si](C)(O)c1ccccc1. The highest BCUT2D eigenvalue weighted by atomic mass is 28.5. The summed E-state index contributed by atoms with van der Waals surface area (Å²) in [4.78, 5) is 11.1. The van der Waals surface area contributed by atoms with E-state index >= 15 is 0 Å². The molecule has 0 aliphatic heterocycles. The lowest BCUT2D eigenvalue weighted by Crippen LogP contribution is -2.58. The number of aliphatic hydroxyl groups excluding tert-OH is 3. The van der Waals surface area contributed by atoms with Crippen LogP contribution in [0.15, 0.2) is 30.3 Å².